The molecule has 5 heteroatoms. The molecule has 0 aliphatic heterocycles. The predicted octanol–water partition coefficient (Wildman–Crippen LogP) is 3.43. The monoisotopic (exact) mass is 368 g/mol. The van der Waals surface area contributed by atoms with E-state index in [0.29, 0.717) is 18.7 Å². The van der Waals surface area contributed by atoms with Crippen molar-refractivity contribution in [1.29, 1.82) is 5.41 Å². The number of aromatic nitrogens is 4. The maximum atomic E-state index is 8.46. The Kier molecular flexibility index (Phi) is 5.06. The average molecular weight is 368 g/mol. The fraction of sp³-hybridized carbons (Fsp3) is 0.130. The van der Waals surface area contributed by atoms with Crippen LogP contribution >= 0.6 is 0 Å². The third-order valence-electron chi connectivity index (χ3n) is 4.74. The van der Waals surface area contributed by atoms with Crippen molar-refractivity contribution in [2.75, 3.05) is 0 Å². The first kappa shape index (κ1) is 17.8. The quantitative estimate of drug-likeness (QED) is 0.419. The van der Waals surface area contributed by atoms with Crippen LogP contribution in [-0.2, 0) is 20.0 Å². The van der Waals surface area contributed by atoms with Gasteiger partial charge in [0.05, 0.1) is 5.21 Å². The fourth-order valence-electron chi connectivity index (χ4n) is 3.29. The molecule has 0 saturated carbocycles. The molecule has 0 radical (unpaired) electrons. The van der Waals surface area contributed by atoms with Gasteiger partial charge >= 0.3 is 0 Å². The van der Waals surface area contributed by atoms with Crippen molar-refractivity contribution in [3.8, 4) is 11.4 Å². The molecular formula is C23H22N5+. The zero-order chi connectivity index (χ0) is 19.3. The Morgan fingerprint density at radius 3 is 2.39 bits per heavy atom. The van der Waals surface area contributed by atoms with Crippen molar-refractivity contribution in [3.05, 3.63) is 102 Å². The molecule has 2 aromatic carbocycles. The molecule has 2 aromatic heterocycles. The van der Waals surface area contributed by atoms with Gasteiger partial charge in [0.2, 0.25) is 5.69 Å². The lowest BCUT2D eigenvalue weighted by Crippen LogP contribution is -2.37. The van der Waals surface area contributed by atoms with Crippen LogP contribution in [0, 0.1) is 5.41 Å². The van der Waals surface area contributed by atoms with Crippen molar-refractivity contribution in [1.82, 2.24) is 14.9 Å². The molecule has 2 heterocycles. The number of nitrogens with zero attached hydrogens (tertiary/aromatic N) is 4. The maximum absolute atomic E-state index is 8.46. The topological polar surface area (TPSA) is 58.4 Å². The van der Waals surface area contributed by atoms with E-state index < -0.39 is 0 Å². The Morgan fingerprint density at radius 2 is 1.64 bits per heavy atom. The number of pyridine rings is 1. The van der Waals surface area contributed by atoms with Gasteiger partial charge in [-0.15, -0.1) is 9.36 Å². The van der Waals surface area contributed by atoms with E-state index in [2.05, 4.69) is 22.3 Å². The maximum Gasteiger partial charge on any atom is 0.215 e. The summed E-state index contributed by atoms with van der Waals surface area (Å²) in [6.45, 7) is 0.652. The molecule has 0 fully saturated rings. The second-order valence-corrected chi connectivity index (χ2v) is 6.73. The smallest absolute Gasteiger partial charge is 0.215 e. The van der Waals surface area contributed by atoms with E-state index >= 15 is 0 Å². The highest BCUT2D eigenvalue weighted by molar-refractivity contribution is 5.99. The molecule has 0 bridgehead atoms. The minimum Gasteiger partial charge on any atom is -0.304 e. The number of nitrogens with one attached hydrogen (secondary N) is 1. The standard InChI is InChI=1S/C23H22N5/c1-27-23(22-13-7-8-14-25-22)17-28(26-27)16-20-12-6-5-11-19(20)15-21(24)18-9-3-2-4-10-18/h2-14,17,24H,15-16H2,1H3/q+1. The lowest BCUT2D eigenvalue weighted by Gasteiger charge is -2.08. The van der Waals surface area contributed by atoms with Crippen LogP contribution < -0.4 is 4.68 Å². The third-order valence-corrected chi connectivity index (χ3v) is 4.74. The Balaban J connectivity index is 1.57. The highest BCUT2D eigenvalue weighted by atomic mass is 15.5. The predicted molar refractivity (Wildman–Crippen MR) is 109 cm³/mol. The summed E-state index contributed by atoms with van der Waals surface area (Å²) in [5, 5.41) is 13.1. The molecule has 28 heavy (non-hydrogen) atoms. The summed E-state index contributed by atoms with van der Waals surface area (Å²) in [5.74, 6) is 0. The second kappa shape index (κ2) is 7.96. The molecule has 0 saturated heterocycles. The second-order valence-electron chi connectivity index (χ2n) is 6.73. The highest BCUT2D eigenvalue weighted by Gasteiger charge is 2.17. The van der Waals surface area contributed by atoms with Crippen LogP contribution in [0.2, 0.25) is 0 Å². The molecule has 138 valence electrons. The average Bonchev–Trinajstić information content (AvgIpc) is 3.11. The van der Waals surface area contributed by atoms with Crippen molar-refractivity contribution in [2.24, 2.45) is 7.05 Å². The summed E-state index contributed by atoms with van der Waals surface area (Å²) in [5.41, 5.74) is 5.76. The first-order valence-corrected chi connectivity index (χ1v) is 9.25. The van der Waals surface area contributed by atoms with Gasteiger partial charge in [-0.3, -0.25) is 4.98 Å². The van der Waals surface area contributed by atoms with Crippen LogP contribution in [0.3, 0.4) is 0 Å². The zero-order valence-corrected chi connectivity index (χ0v) is 15.8. The van der Waals surface area contributed by atoms with Crippen molar-refractivity contribution in [3.63, 3.8) is 0 Å². The Labute approximate surface area is 164 Å². The lowest BCUT2D eigenvalue weighted by atomic mass is 9.98. The van der Waals surface area contributed by atoms with Crippen LogP contribution in [0.25, 0.3) is 11.4 Å². The van der Waals surface area contributed by atoms with Gasteiger partial charge in [-0.05, 0) is 28.8 Å². The molecular weight excluding hydrogens is 346 g/mol. The van der Waals surface area contributed by atoms with Crippen LogP contribution in [0.4, 0.5) is 0 Å². The van der Waals surface area contributed by atoms with E-state index in [9.17, 15) is 0 Å². The number of aryl methyl sites for hydroxylation is 1. The molecule has 0 aliphatic rings. The lowest BCUT2D eigenvalue weighted by molar-refractivity contribution is -0.747. The van der Waals surface area contributed by atoms with Gasteiger partial charge in [0.1, 0.15) is 19.3 Å². The van der Waals surface area contributed by atoms with E-state index in [0.717, 1.165) is 22.5 Å². The summed E-state index contributed by atoms with van der Waals surface area (Å²) >= 11 is 0. The van der Waals surface area contributed by atoms with E-state index in [1.807, 2.05) is 83.3 Å². The summed E-state index contributed by atoms with van der Waals surface area (Å²) < 4.78 is 3.77. The van der Waals surface area contributed by atoms with E-state index in [-0.39, 0.29) is 0 Å². The van der Waals surface area contributed by atoms with Gasteiger partial charge < -0.3 is 5.41 Å². The number of hydrogen-bond acceptors (Lipinski definition) is 3. The van der Waals surface area contributed by atoms with Gasteiger partial charge in [-0.25, -0.2) is 0 Å². The van der Waals surface area contributed by atoms with Gasteiger partial charge in [0.25, 0.3) is 0 Å². The number of benzene rings is 2. The van der Waals surface area contributed by atoms with Gasteiger partial charge in [-0.2, -0.15) is 0 Å². The Morgan fingerprint density at radius 1 is 0.929 bits per heavy atom. The SMILES string of the molecule is Cn1n[n+](Cc2ccccc2CC(=N)c2ccccc2)cc1-c1ccccn1. The third kappa shape index (κ3) is 3.88. The van der Waals surface area contributed by atoms with Crippen LogP contribution in [0.5, 0.6) is 0 Å². The van der Waals surface area contributed by atoms with Gasteiger partial charge in [0.15, 0.2) is 6.20 Å². The van der Waals surface area contributed by atoms with E-state index in [4.69, 9.17) is 5.41 Å². The van der Waals surface area contributed by atoms with Crippen LogP contribution in [0.15, 0.2) is 85.2 Å². The first-order valence-electron chi connectivity index (χ1n) is 9.25. The molecule has 0 spiro atoms. The highest BCUT2D eigenvalue weighted by Crippen LogP contribution is 2.15. The van der Waals surface area contributed by atoms with Crippen molar-refractivity contribution in [2.45, 2.75) is 13.0 Å². The van der Waals surface area contributed by atoms with Crippen LogP contribution in [-0.4, -0.2) is 20.6 Å². The summed E-state index contributed by atoms with van der Waals surface area (Å²) in [6, 6.07) is 24.0. The normalized spacial score (nSPS) is 10.8. The van der Waals surface area contributed by atoms with Gasteiger partial charge in [-0.1, -0.05) is 60.7 Å². The molecule has 5 nitrogen and oxygen atoms in total. The fourth-order valence-corrected chi connectivity index (χ4v) is 3.29. The molecule has 4 rings (SSSR count). The summed E-state index contributed by atoms with van der Waals surface area (Å²) in [7, 11) is 1.93. The molecule has 0 atom stereocenters. The summed E-state index contributed by atoms with van der Waals surface area (Å²) in [4.78, 5) is 4.42. The molecule has 1 N–H and O–H groups in total. The Hall–Kier alpha value is -3.60. The first-order chi connectivity index (χ1) is 13.7. The minimum absolute atomic E-state index is 0.598. The molecule has 0 unspecified atom stereocenters. The summed E-state index contributed by atoms with van der Waals surface area (Å²) in [6.07, 6.45) is 4.40. The minimum atomic E-state index is 0.598. The Bertz CT molecular complexity index is 1080. The number of hydrogen-bond donors (Lipinski definition) is 1. The van der Waals surface area contributed by atoms with E-state index in [1.165, 1.54) is 5.56 Å². The van der Waals surface area contributed by atoms with Crippen molar-refractivity contribution < 1.29 is 4.68 Å². The largest absolute Gasteiger partial charge is 0.304 e. The van der Waals surface area contributed by atoms with Gasteiger partial charge in [0, 0.05) is 18.3 Å². The molecule has 0 aliphatic carbocycles. The molecule has 0 amide bonds. The molecule has 4 aromatic rings. The van der Waals surface area contributed by atoms with Crippen molar-refractivity contribution >= 4 is 5.71 Å². The van der Waals surface area contributed by atoms with Crippen LogP contribution in [0.1, 0.15) is 16.7 Å². The number of rotatable bonds is 6. The zero-order valence-electron chi connectivity index (χ0n) is 15.8. The van der Waals surface area contributed by atoms with E-state index in [1.54, 1.807) is 6.20 Å².